The number of carbonyl (C=O) groups is 2. The Morgan fingerprint density at radius 1 is 1.40 bits per heavy atom. The number of likely N-dealkylation sites (N-methyl/N-ethyl adjacent to an activating group) is 1. The maximum Gasteiger partial charge on any atom is 0.287 e. The Kier molecular flexibility index (Phi) is 7.46. The third-order valence-corrected chi connectivity index (χ3v) is 4.50. The Morgan fingerprint density at radius 2 is 2.04 bits per heavy atom. The van der Waals surface area contributed by atoms with E-state index in [0.717, 1.165) is 12.0 Å². The minimum absolute atomic E-state index is 0.140. The number of rotatable bonds is 6. The first kappa shape index (κ1) is 21.0. The van der Waals surface area contributed by atoms with Crippen LogP contribution in [0.3, 0.4) is 0 Å². The summed E-state index contributed by atoms with van der Waals surface area (Å²) in [7, 11) is 1.59. The first-order valence-corrected chi connectivity index (χ1v) is 9.17. The molecule has 2 rings (SSSR count). The Bertz CT molecular complexity index is 631. The summed E-state index contributed by atoms with van der Waals surface area (Å²) in [4.78, 5) is 24.7. The molecule has 1 unspecified atom stereocenters. The number of allylic oxidation sites excluding steroid dienone is 1. The molecule has 0 radical (unpaired) electrons. The second-order valence-corrected chi connectivity index (χ2v) is 6.49. The van der Waals surface area contributed by atoms with Crippen LogP contribution in [-0.2, 0) is 4.79 Å². The molecule has 1 aliphatic rings. The smallest absolute Gasteiger partial charge is 0.287 e. The summed E-state index contributed by atoms with van der Waals surface area (Å²) < 4.78 is 5.56. The molecule has 1 fully saturated rings. The minimum atomic E-state index is -0.805. The third-order valence-electron chi connectivity index (χ3n) is 4.50. The van der Waals surface area contributed by atoms with Crippen molar-refractivity contribution in [3.05, 3.63) is 29.2 Å². The number of hydrogen-bond acceptors (Lipinski definition) is 3. The summed E-state index contributed by atoms with van der Waals surface area (Å²) in [5, 5.41) is 5.55. The Labute approximate surface area is 151 Å². The molecule has 0 aromatic carbocycles. The topological polar surface area (TPSA) is 71.3 Å². The summed E-state index contributed by atoms with van der Waals surface area (Å²) in [5.41, 5.74) is 0.0855. The first-order chi connectivity index (χ1) is 11.9. The Balaban J connectivity index is 0.00000151. The van der Waals surface area contributed by atoms with Gasteiger partial charge >= 0.3 is 0 Å². The van der Waals surface area contributed by atoms with Gasteiger partial charge < -0.3 is 15.1 Å². The fourth-order valence-corrected chi connectivity index (χ4v) is 3.06. The summed E-state index contributed by atoms with van der Waals surface area (Å²) in [6, 6.07) is 1.72. The van der Waals surface area contributed by atoms with Crippen LogP contribution < -0.4 is 10.6 Å². The van der Waals surface area contributed by atoms with Crippen LogP contribution in [0.1, 0.15) is 69.3 Å². The van der Waals surface area contributed by atoms with E-state index in [1.54, 1.807) is 13.1 Å². The van der Waals surface area contributed by atoms with Crippen molar-refractivity contribution in [2.24, 2.45) is 11.8 Å². The molecule has 2 amide bonds. The molecule has 1 saturated carbocycles. The third kappa shape index (κ3) is 4.53. The highest BCUT2D eigenvalue weighted by atomic mass is 16.3. The Morgan fingerprint density at radius 3 is 2.52 bits per heavy atom. The van der Waals surface area contributed by atoms with Crippen molar-refractivity contribution >= 4 is 17.9 Å². The zero-order valence-corrected chi connectivity index (χ0v) is 16.5. The van der Waals surface area contributed by atoms with Gasteiger partial charge in [-0.3, -0.25) is 9.59 Å². The summed E-state index contributed by atoms with van der Waals surface area (Å²) in [5.74, 6) is 0.951. The molecule has 2 N–H and O–H groups in total. The zero-order valence-electron chi connectivity index (χ0n) is 16.5. The average molecular weight is 348 g/mol. The van der Waals surface area contributed by atoms with Crippen LogP contribution in [0.2, 0.25) is 0 Å². The van der Waals surface area contributed by atoms with Crippen LogP contribution in [0.5, 0.6) is 0 Å². The molecule has 0 spiro atoms. The SMILES string of the molecule is CC.CC/C=C\c1cc(C(=O)NC2(C(=O)NC)C[C@H]2C(C)C)oc1C. The van der Waals surface area contributed by atoms with Gasteiger partial charge in [-0.05, 0) is 37.7 Å². The van der Waals surface area contributed by atoms with Crippen molar-refractivity contribution in [3.8, 4) is 0 Å². The van der Waals surface area contributed by atoms with E-state index in [1.165, 1.54) is 0 Å². The molecule has 5 heteroatoms. The van der Waals surface area contributed by atoms with Crippen molar-refractivity contribution in [2.75, 3.05) is 7.05 Å². The van der Waals surface area contributed by atoms with E-state index in [4.69, 9.17) is 4.42 Å². The van der Waals surface area contributed by atoms with Gasteiger partial charge in [-0.25, -0.2) is 0 Å². The van der Waals surface area contributed by atoms with Gasteiger partial charge in [-0.2, -0.15) is 0 Å². The minimum Gasteiger partial charge on any atom is -0.456 e. The number of furan rings is 1. The van der Waals surface area contributed by atoms with E-state index in [9.17, 15) is 9.59 Å². The van der Waals surface area contributed by atoms with Gasteiger partial charge in [-0.15, -0.1) is 0 Å². The maximum absolute atomic E-state index is 12.5. The number of amides is 2. The fraction of sp³-hybridized carbons (Fsp3) is 0.600. The standard InChI is InChI=1S/C18H26N2O3.C2H6/c1-6-7-8-13-9-15(23-12(13)4)16(21)20-18(17(22)19-5)10-14(18)11(2)3;1-2/h7-9,11,14H,6,10H2,1-5H3,(H,19,22)(H,20,21);1-2H3/b8-7-;/t14-,18?;/m0./s1. The summed E-state index contributed by atoms with van der Waals surface area (Å²) >= 11 is 0. The normalized spacial score (nSPS) is 21.7. The van der Waals surface area contributed by atoms with E-state index >= 15 is 0 Å². The highest BCUT2D eigenvalue weighted by molar-refractivity contribution is 6.00. The molecule has 25 heavy (non-hydrogen) atoms. The van der Waals surface area contributed by atoms with Gasteiger partial charge in [0, 0.05) is 12.6 Å². The number of hydrogen-bond donors (Lipinski definition) is 2. The molecule has 1 aromatic heterocycles. The molecule has 1 heterocycles. The van der Waals surface area contributed by atoms with E-state index in [-0.39, 0.29) is 23.5 Å². The van der Waals surface area contributed by atoms with Crippen LogP contribution in [0, 0.1) is 18.8 Å². The number of aryl methyl sites for hydroxylation is 1. The van der Waals surface area contributed by atoms with Crippen LogP contribution in [0.25, 0.3) is 6.08 Å². The molecule has 0 aliphatic heterocycles. The highest BCUT2D eigenvalue weighted by Gasteiger charge is 2.61. The predicted molar refractivity (Wildman–Crippen MR) is 101 cm³/mol. The second kappa shape index (κ2) is 8.88. The van der Waals surface area contributed by atoms with Crippen molar-refractivity contribution in [2.45, 2.75) is 59.9 Å². The van der Waals surface area contributed by atoms with E-state index in [1.807, 2.05) is 39.8 Å². The van der Waals surface area contributed by atoms with Crippen LogP contribution in [0.15, 0.2) is 16.6 Å². The van der Waals surface area contributed by atoms with Crippen molar-refractivity contribution < 1.29 is 14.0 Å². The largest absolute Gasteiger partial charge is 0.456 e. The molecule has 0 saturated heterocycles. The lowest BCUT2D eigenvalue weighted by Gasteiger charge is -2.18. The van der Waals surface area contributed by atoms with E-state index in [2.05, 4.69) is 24.5 Å². The molecule has 1 aromatic rings. The molecule has 1 aliphatic carbocycles. The van der Waals surface area contributed by atoms with Gasteiger partial charge in [-0.1, -0.05) is 46.8 Å². The summed E-state index contributed by atoms with van der Waals surface area (Å²) in [6.07, 6.45) is 5.54. The van der Waals surface area contributed by atoms with E-state index < -0.39 is 5.54 Å². The quantitative estimate of drug-likeness (QED) is 0.818. The van der Waals surface area contributed by atoms with Crippen molar-refractivity contribution in [1.29, 1.82) is 0 Å². The summed E-state index contributed by atoms with van der Waals surface area (Å²) in [6.45, 7) is 12.0. The molecular formula is C20H32N2O3. The maximum atomic E-state index is 12.5. The average Bonchev–Trinajstić information content (AvgIpc) is 3.22. The molecular weight excluding hydrogens is 316 g/mol. The van der Waals surface area contributed by atoms with Crippen molar-refractivity contribution in [1.82, 2.24) is 10.6 Å². The van der Waals surface area contributed by atoms with Crippen molar-refractivity contribution in [3.63, 3.8) is 0 Å². The van der Waals surface area contributed by atoms with Gasteiger partial charge in [0.1, 0.15) is 11.3 Å². The molecule has 5 nitrogen and oxygen atoms in total. The van der Waals surface area contributed by atoms with Gasteiger partial charge in [0.2, 0.25) is 5.91 Å². The Hall–Kier alpha value is -2.04. The second-order valence-electron chi connectivity index (χ2n) is 6.49. The lowest BCUT2D eigenvalue weighted by molar-refractivity contribution is -0.124. The first-order valence-electron chi connectivity index (χ1n) is 9.17. The van der Waals surface area contributed by atoms with Crippen LogP contribution in [-0.4, -0.2) is 24.4 Å². The van der Waals surface area contributed by atoms with Gasteiger partial charge in [0.15, 0.2) is 5.76 Å². The van der Waals surface area contributed by atoms with Crippen LogP contribution >= 0.6 is 0 Å². The molecule has 0 bridgehead atoms. The highest BCUT2D eigenvalue weighted by Crippen LogP contribution is 2.48. The van der Waals surface area contributed by atoms with Gasteiger partial charge in [0.25, 0.3) is 5.91 Å². The van der Waals surface area contributed by atoms with E-state index in [0.29, 0.717) is 18.1 Å². The lowest BCUT2D eigenvalue weighted by Crippen LogP contribution is -2.50. The number of nitrogens with one attached hydrogen (secondary N) is 2. The molecule has 140 valence electrons. The fourth-order valence-electron chi connectivity index (χ4n) is 3.06. The number of carbonyl (C=O) groups excluding carboxylic acids is 2. The monoisotopic (exact) mass is 348 g/mol. The van der Waals surface area contributed by atoms with Crippen LogP contribution in [0.4, 0.5) is 0 Å². The zero-order chi connectivity index (χ0) is 19.2. The molecule has 2 atom stereocenters. The van der Waals surface area contributed by atoms with Gasteiger partial charge in [0.05, 0.1) is 0 Å². The lowest BCUT2D eigenvalue weighted by atomic mass is 10.0. The predicted octanol–water partition coefficient (Wildman–Crippen LogP) is 3.93.